The van der Waals surface area contributed by atoms with Crippen LogP contribution in [-0.4, -0.2) is 69.5 Å². The van der Waals surface area contributed by atoms with Crippen LogP contribution in [0.5, 0.6) is 0 Å². The van der Waals surface area contributed by atoms with Gasteiger partial charge in [0.1, 0.15) is 11.7 Å². The normalized spacial score (nSPS) is 39.6. The second-order valence-corrected chi connectivity index (χ2v) is 15.8. The van der Waals surface area contributed by atoms with Gasteiger partial charge in [-0.25, -0.2) is 4.98 Å². The van der Waals surface area contributed by atoms with Gasteiger partial charge in [0.05, 0.1) is 12.9 Å². The Morgan fingerprint density at radius 3 is 2.51 bits per heavy atom. The van der Waals surface area contributed by atoms with Crippen LogP contribution >= 0.6 is 19.2 Å². The van der Waals surface area contributed by atoms with Crippen molar-refractivity contribution in [1.29, 1.82) is 0 Å². The molecule has 5 fully saturated rings. The summed E-state index contributed by atoms with van der Waals surface area (Å²) < 4.78 is 18.5. The first-order chi connectivity index (χ1) is 18.2. The molecule has 0 aromatic carbocycles. The standard InChI is InChI=1S/C26H39ClN5O6P/c1-23-8-16-9-24(2,11-23)13-25(10-16,12-23)31-19-17-20(30-22(27)29-19)32(15-28-17)21-18(33)26(34,14-38-21)6-4-3-5-7-39(35,36)37/h15-16,18,21,33-34H,3-14H2,1-2H3,(H,29,30,31)(H2,35,36,37)/t16?,18?,21-,23-,24+,25?,26?/m1/s1. The molecule has 4 aliphatic carbocycles. The highest BCUT2D eigenvalue weighted by atomic mass is 35.5. The van der Waals surface area contributed by atoms with Gasteiger partial charge in [0, 0.05) is 11.7 Å². The number of nitrogens with zero attached hydrogens (tertiary/aromatic N) is 4. The average molecular weight is 584 g/mol. The van der Waals surface area contributed by atoms with Crippen LogP contribution in [0.1, 0.15) is 84.3 Å². The van der Waals surface area contributed by atoms with Crippen LogP contribution in [0.25, 0.3) is 11.2 Å². The first-order valence-electron chi connectivity index (χ1n) is 13.9. The van der Waals surface area contributed by atoms with Crippen molar-refractivity contribution in [1.82, 2.24) is 19.5 Å². The van der Waals surface area contributed by atoms with Crippen molar-refractivity contribution >= 4 is 36.2 Å². The summed E-state index contributed by atoms with van der Waals surface area (Å²) in [6.45, 7) is 4.75. The van der Waals surface area contributed by atoms with Gasteiger partial charge in [-0.15, -0.1) is 0 Å². The van der Waals surface area contributed by atoms with Crippen LogP contribution in [0.15, 0.2) is 6.33 Å². The summed E-state index contributed by atoms with van der Waals surface area (Å²) in [7, 11) is -4.04. The molecule has 4 saturated carbocycles. The number of imidazole rings is 1. The molecule has 7 rings (SSSR count). The number of hydrogen-bond donors (Lipinski definition) is 5. The Bertz CT molecular complexity index is 1300. The number of halogens is 1. The van der Waals surface area contributed by atoms with Crippen molar-refractivity contribution in [3.63, 3.8) is 0 Å². The fourth-order valence-electron chi connectivity index (χ4n) is 9.05. The first-order valence-corrected chi connectivity index (χ1v) is 16.1. The summed E-state index contributed by atoms with van der Waals surface area (Å²) in [6.07, 6.45) is 7.91. The molecular weight excluding hydrogens is 545 g/mol. The number of unbranched alkanes of at least 4 members (excludes halogenated alkanes) is 2. The van der Waals surface area contributed by atoms with E-state index >= 15 is 0 Å². The number of fused-ring (bicyclic) bond motifs is 1. The van der Waals surface area contributed by atoms with Crippen LogP contribution in [0.2, 0.25) is 5.28 Å². The lowest BCUT2D eigenvalue weighted by atomic mass is 9.43. The third-order valence-corrected chi connectivity index (χ3v) is 10.6. The van der Waals surface area contributed by atoms with Crippen molar-refractivity contribution in [2.24, 2.45) is 16.7 Å². The van der Waals surface area contributed by atoms with Crippen molar-refractivity contribution in [2.45, 2.75) is 102 Å². The highest BCUT2D eigenvalue weighted by Gasteiger charge is 2.60. The lowest BCUT2D eigenvalue weighted by Gasteiger charge is -2.65. The van der Waals surface area contributed by atoms with Crippen molar-refractivity contribution in [3.8, 4) is 0 Å². The Hall–Kier alpha value is -1.33. The van der Waals surface area contributed by atoms with Gasteiger partial charge in [-0.3, -0.25) is 9.13 Å². The summed E-state index contributed by atoms with van der Waals surface area (Å²) >= 11 is 6.41. The van der Waals surface area contributed by atoms with Gasteiger partial charge in [0.15, 0.2) is 23.2 Å². The van der Waals surface area contributed by atoms with Crippen molar-refractivity contribution in [3.05, 3.63) is 11.6 Å². The molecule has 39 heavy (non-hydrogen) atoms. The number of aromatic nitrogens is 4. The maximum absolute atomic E-state index is 11.1. The lowest BCUT2D eigenvalue weighted by molar-refractivity contribution is -0.0973. The molecule has 4 bridgehead atoms. The van der Waals surface area contributed by atoms with Crippen LogP contribution < -0.4 is 5.32 Å². The van der Waals surface area contributed by atoms with Crippen LogP contribution in [-0.2, 0) is 9.30 Å². The molecule has 4 unspecified atom stereocenters. The van der Waals surface area contributed by atoms with E-state index in [1.807, 2.05) is 0 Å². The molecule has 13 heteroatoms. The van der Waals surface area contributed by atoms with Crippen molar-refractivity contribution in [2.75, 3.05) is 18.1 Å². The van der Waals surface area contributed by atoms with E-state index in [4.69, 9.17) is 26.1 Å². The molecule has 2 aromatic heterocycles. The fourth-order valence-corrected chi connectivity index (χ4v) is 9.85. The van der Waals surface area contributed by atoms with E-state index in [1.54, 1.807) is 10.9 Å². The summed E-state index contributed by atoms with van der Waals surface area (Å²) in [6, 6.07) is 0. The first kappa shape index (κ1) is 27.8. The maximum Gasteiger partial charge on any atom is 0.325 e. The molecule has 0 radical (unpaired) electrons. The monoisotopic (exact) mass is 583 g/mol. The minimum Gasteiger partial charge on any atom is -0.385 e. The smallest absolute Gasteiger partial charge is 0.325 e. The van der Waals surface area contributed by atoms with Gasteiger partial charge in [0.2, 0.25) is 5.28 Å². The zero-order chi connectivity index (χ0) is 27.8. The second-order valence-electron chi connectivity index (χ2n) is 13.6. The second kappa shape index (κ2) is 9.34. The molecule has 1 saturated heterocycles. The van der Waals surface area contributed by atoms with Crippen LogP contribution in [0, 0.1) is 16.7 Å². The van der Waals surface area contributed by atoms with Crippen LogP contribution in [0.3, 0.4) is 0 Å². The van der Waals surface area contributed by atoms with Crippen molar-refractivity contribution < 1.29 is 29.3 Å². The minimum atomic E-state index is -4.04. The van der Waals surface area contributed by atoms with E-state index < -0.39 is 25.5 Å². The average Bonchev–Trinajstić information content (AvgIpc) is 3.31. The van der Waals surface area contributed by atoms with Crippen LogP contribution in [0.4, 0.5) is 5.82 Å². The Kier molecular flexibility index (Phi) is 6.66. The number of hydrogen-bond acceptors (Lipinski definition) is 8. The fraction of sp³-hybridized carbons (Fsp3) is 0.808. The zero-order valence-corrected chi connectivity index (χ0v) is 24.2. The quantitative estimate of drug-likeness (QED) is 0.166. The molecule has 3 heterocycles. The SMILES string of the molecule is C[C@]12CC3CC(Nc4nc(Cl)nc5c4ncn5[C@@H]4OCC(O)(CCCCCP(=O)(O)O)C4O)(C1)C[C@@](C)(C3)C2. The van der Waals surface area contributed by atoms with Gasteiger partial charge >= 0.3 is 7.60 Å². The van der Waals surface area contributed by atoms with E-state index in [1.165, 1.54) is 19.3 Å². The molecule has 5 N–H and O–H groups in total. The molecule has 0 spiro atoms. The maximum atomic E-state index is 11.1. The summed E-state index contributed by atoms with van der Waals surface area (Å²) in [5, 5.41) is 26.1. The molecule has 7 atom stereocenters. The Balaban J connectivity index is 1.21. The largest absolute Gasteiger partial charge is 0.385 e. The van der Waals surface area contributed by atoms with Gasteiger partial charge in [-0.2, -0.15) is 9.97 Å². The Labute approximate surface area is 232 Å². The van der Waals surface area contributed by atoms with Gasteiger partial charge < -0.3 is 30.1 Å². The molecule has 2 aromatic rings. The number of ether oxygens (including phenoxy) is 1. The Morgan fingerprint density at radius 1 is 1.13 bits per heavy atom. The molecule has 11 nitrogen and oxygen atoms in total. The molecule has 1 aliphatic heterocycles. The molecule has 5 aliphatic rings. The van der Waals surface area contributed by atoms with E-state index in [0.717, 1.165) is 19.3 Å². The predicted molar refractivity (Wildman–Crippen MR) is 145 cm³/mol. The van der Waals surface area contributed by atoms with E-state index in [-0.39, 0.29) is 30.0 Å². The summed E-state index contributed by atoms with van der Waals surface area (Å²) in [4.78, 5) is 31.6. The molecular formula is C26H39ClN5O6P. The molecule has 216 valence electrons. The zero-order valence-electron chi connectivity index (χ0n) is 22.5. The topological polar surface area (TPSA) is 163 Å². The summed E-state index contributed by atoms with van der Waals surface area (Å²) in [5.41, 5.74) is 0.0483. The number of aliphatic hydroxyl groups is 2. The molecule has 0 amide bonds. The van der Waals surface area contributed by atoms with E-state index in [0.29, 0.717) is 53.0 Å². The highest BCUT2D eigenvalue weighted by Crippen LogP contribution is 2.67. The van der Waals surface area contributed by atoms with E-state index in [2.05, 4.69) is 34.1 Å². The number of anilines is 1. The summed E-state index contributed by atoms with van der Waals surface area (Å²) in [5.74, 6) is 1.29. The predicted octanol–water partition coefficient (Wildman–Crippen LogP) is 4.00. The number of rotatable bonds is 9. The number of aliphatic hydroxyl groups excluding tert-OH is 1. The highest BCUT2D eigenvalue weighted by molar-refractivity contribution is 7.51. The lowest BCUT2D eigenvalue weighted by Crippen LogP contribution is -2.61. The Morgan fingerprint density at radius 2 is 1.85 bits per heavy atom. The number of nitrogens with one attached hydrogen (secondary N) is 1. The minimum absolute atomic E-state index is 0.0687. The van der Waals surface area contributed by atoms with E-state index in [9.17, 15) is 14.8 Å². The van der Waals surface area contributed by atoms with Gasteiger partial charge in [-0.05, 0) is 79.7 Å². The van der Waals surface area contributed by atoms with Gasteiger partial charge in [0.25, 0.3) is 0 Å². The third kappa shape index (κ3) is 5.25. The third-order valence-electron chi connectivity index (χ3n) is 9.56. The van der Waals surface area contributed by atoms with Gasteiger partial charge in [-0.1, -0.05) is 26.7 Å².